The summed E-state index contributed by atoms with van der Waals surface area (Å²) in [4.78, 5) is 52.9. The summed E-state index contributed by atoms with van der Waals surface area (Å²) < 4.78 is 23.2. The minimum absolute atomic E-state index is 0.00993. The van der Waals surface area contributed by atoms with Crippen molar-refractivity contribution < 1.29 is 37.5 Å². The molecule has 0 aromatic carbocycles. The van der Waals surface area contributed by atoms with E-state index >= 15 is 0 Å². The molecule has 4 aliphatic rings. The molecule has 4 heterocycles. The van der Waals surface area contributed by atoms with E-state index in [-0.39, 0.29) is 24.8 Å². The number of aryl methyl sites for hydroxylation is 2. The van der Waals surface area contributed by atoms with E-state index in [1.54, 1.807) is 0 Å². The number of hydrogen-bond acceptors (Lipinski definition) is 10. The maximum atomic E-state index is 13.4. The van der Waals surface area contributed by atoms with Crippen molar-refractivity contribution in [1.82, 2.24) is 10.6 Å². The molecule has 0 amide bonds. The van der Waals surface area contributed by atoms with Crippen LogP contribution in [0.4, 0.5) is 0 Å². The lowest BCUT2D eigenvalue weighted by molar-refractivity contribution is -0.142. The lowest BCUT2D eigenvalue weighted by Gasteiger charge is -2.33. The maximum Gasteiger partial charge on any atom is 0.336 e. The van der Waals surface area contributed by atoms with Gasteiger partial charge in [0.15, 0.2) is 11.6 Å². The largest absolute Gasteiger partial charge is 0.465 e. The van der Waals surface area contributed by atoms with Gasteiger partial charge in [-0.1, -0.05) is 0 Å². The number of Topliss-reactive ketones (excluding diaryl/α,β-unsaturated/α-hetero) is 2. The molecular weight excluding hydrogens is 588 g/mol. The van der Waals surface area contributed by atoms with Crippen LogP contribution in [0.5, 0.6) is 0 Å². The monoisotopic (exact) mass is 628 g/mol. The number of furan rings is 2. The average molecular weight is 629 g/mol. The zero-order valence-corrected chi connectivity index (χ0v) is 26.8. The van der Waals surface area contributed by atoms with Crippen molar-refractivity contribution in [3.63, 3.8) is 0 Å². The summed E-state index contributed by atoms with van der Waals surface area (Å²) in [5, 5.41) is 6.56. The summed E-state index contributed by atoms with van der Waals surface area (Å²) in [6.07, 6.45) is 4.78. The second kappa shape index (κ2) is 13.0. The van der Waals surface area contributed by atoms with E-state index in [4.69, 9.17) is 18.3 Å². The van der Waals surface area contributed by atoms with Crippen LogP contribution in [-0.4, -0.2) is 36.7 Å². The van der Waals surface area contributed by atoms with Crippen molar-refractivity contribution in [2.24, 2.45) is 0 Å². The number of esters is 2. The third-order valence-corrected chi connectivity index (χ3v) is 9.09. The van der Waals surface area contributed by atoms with Crippen LogP contribution in [0.2, 0.25) is 0 Å². The lowest BCUT2D eigenvalue weighted by Crippen LogP contribution is -2.34. The summed E-state index contributed by atoms with van der Waals surface area (Å²) in [6, 6.07) is 7.27. The highest BCUT2D eigenvalue weighted by Gasteiger charge is 2.42. The number of allylic oxidation sites excluding steroid dienone is 6. The molecule has 0 bridgehead atoms. The van der Waals surface area contributed by atoms with Gasteiger partial charge in [0.2, 0.25) is 0 Å². The Morgan fingerprint density at radius 3 is 1.46 bits per heavy atom. The Morgan fingerprint density at radius 2 is 1.09 bits per heavy atom. The summed E-state index contributed by atoms with van der Waals surface area (Å²) in [6.45, 7) is 7.51. The number of rotatable bonds is 9. The number of unbranched alkanes of at least 4 members (excludes halogenated alkanes) is 1. The Hall–Kier alpha value is -4.60. The molecule has 2 N–H and O–H groups in total. The first-order valence-corrected chi connectivity index (χ1v) is 16.1. The minimum Gasteiger partial charge on any atom is -0.465 e. The molecule has 2 atom stereocenters. The molecule has 2 aliphatic carbocycles. The van der Waals surface area contributed by atoms with Gasteiger partial charge in [0.05, 0.1) is 36.2 Å². The summed E-state index contributed by atoms with van der Waals surface area (Å²) in [5.74, 6) is 0.227. The molecule has 2 aromatic rings. The minimum atomic E-state index is -0.621. The second-order valence-electron chi connectivity index (χ2n) is 12.4. The number of nitrogens with one attached hydrogen (secondary N) is 2. The predicted octanol–water partition coefficient (Wildman–Crippen LogP) is 5.99. The molecule has 0 saturated heterocycles. The van der Waals surface area contributed by atoms with Crippen LogP contribution < -0.4 is 10.6 Å². The smallest absolute Gasteiger partial charge is 0.336 e. The van der Waals surface area contributed by atoms with E-state index in [1.807, 2.05) is 52.0 Å². The number of carbonyl (C=O) groups is 4. The van der Waals surface area contributed by atoms with E-state index in [2.05, 4.69) is 10.6 Å². The van der Waals surface area contributed by atoms with Gasteiger partial charge in [-0.05, 0) is 90.5 Å². The highest BCUT2D eigenvalue weighted by molar-refractivity contribution is 6.04. The van der Waals surface area contributed by atoms with Crippen LogP contribution in [0, 0.1) is 13.8 Å². The molecule has 0 spiro atoms. The van der Waals surface area contributed by atoms with Crippen molar-refractivity contribution in [3.8, 4) is 0 Å². The zero-order valence-electron chi connectivity index (χ0n) is 26.8. The first-order valence-electron chi connectivity index (χ1n) is 16.1. The molecule has 6 rings (SSSR count). The van der Waals surface area contributed by atoms with Gasteiger partial charge in [-0.2, -0.15) is 0 Å². The molecule has 2 aliphatic heterocycles. The van der Waals surface area contributed by atoms with Crippen LogP contribution in [0.15, 0.2) is 78.2 Å². The number of carbonyl (C=O) groups excluding carboxylic acids is 4. The molecule has 0 radical (unpaired) electrons. The highest BCUT2D eigenvalue weighted by atomic mass is 16.5. The van der Waals surface area contributed by atoms with Gasteiger partial charge >= 0.3 is 11.9 Å². The number of dihydropyridines is 2. The van der Waals surface area contributed by atoms with E-state index in [0.29, 0.717) is 82.4 Å². The lowest BCUT2D eigenvalue weighted by atomic mass is 9.77. The molecule has 0 unspecified atom stereocenters. The maximum absolute atomic E-state index is 13.4. The quantitative estimate of drug-likeness (QED) is 0.252. The van der Waals surface area contributed by atoms with Crippen LogP contribution >= 0.6 is 0 Å². The first kappa shape index (κ1) is 31.4. The molecule has 0 fully saturated rings. The zero-order chi connectivity index (χ0) is 32.5. The van der Waals surface area contributed by atoms with Crippen molar-refractivity contribution in [2.45, 2.75) is 90.9 Å². The SMILES string of the molecule is CC1=C(C(=O)OCCCCOC(=O)C2=C(C)NC3=C(C(=O)CCC3)[C@@H]2c2ccc(C)o2)[C@@H](c2ccc(C)o2)C2=C(CCCC2=O)N1. The van der Waals surface area contributed by atoms with E-state index in [9.17, 15) is 19.2 Å². The van der Waals surface area contributed by atoms with Crippen molar-refractivity contribution in [1.29, 1.82) is 0 Å². The molecular formula is C36H40N2O8. The van der Waals surface area contributed by atoms with Gasteiger partial charge in [-0.25, -0.2) is 9.59 Å². The molecule has 242 valence electrons. The Balaban J connectivity index is 1.07. The summed E-state index contributed by atoms with van der Waals surface area (Å²) in [7, 11) is 0. The van der Waals surface area contributed by atoms with E-state index in [1.165, 1.54) is 0 Å². The van der Waals surface area contributed by atoms with Gasteiger partial charge in [0, 0.05) is 46.8 Å². The summed E-state index contributed by atoms with van der Waals surface area (Å²) in [5.41, 5.74) is 4.86. The predicted molar refractivity (Wildman–Crippen MR) is 167 cm³/mol. The Labute approximate surface area is 267 Å². The molecule has 0 saturated carbocycles. The number of ketones is 2. The molecule has 2 aromatic heterocycles. The average Bonchev–Trinajstić information content (AvgIpc) is 3.65. The first-order chi connectivity index (χ1) is 22.1. The third kappa shape index (κ3) is 6.00. The van der Waals surface area contributed by atoms with Crippen molar-refractivity contribution in [3.05, 3.63) is 92.4 Å². The van der Waals surface area contributed by atoms with Gasteiger partial charge in [0.1, 0.15) is 23.0 Å². The molecule has 46 heavy (non-hydrogen) atoms. The fourth-order valence-corrected chi connectivity index (χ4v) is 6.98. The van der Waals surface area contributed by atoms with Crippen LogP contribution in [0.3, 0.4) is 0 Å². The number of hydrogen-bond donors (Lipinski definition) is 2. The fraction of sp³-hybridized carbons (Fsp3) is 0.444. The number of ether oxygens (including phenoxy) is 2. The van der Waals surface area contributed by atoms with Gasteiger partial charge < -0.3 is 28.9 Å². The Bertz CT molecular complexity index is 1600. The fourth-order valence-electron chi connectivity index (χ4n) is 6.98. The van der Waals surface area contributed by atoms with Crippen LogP contribution in [0.1, 0.15) is 100 Å². The Kier molecular flexibility index (Phi) is 8.88. The van der Waals surface area contributed by atoms with E-state index < -0.39 is 23.8 Å². The molecule has 10 nitrogen and oxygen atoms in total. The normalized spacial score (nSPS) is 21.6. The second-order valence-corrected chi connectivity index (χ2v) is 12.4. The molecule has 10 heteroatoms. The van der Waals surface area contributed by atoms with Crippen LogP contribution in [0.25, 0.3) is 0 Å². The third-order valence-electron chi connectivity index (χ3n) is 9.09. The highest BCUT2D eigenvalue weighted by Crippen LogP contribution is 2.44. The van der Waals surface area contributed by atoms with Gasteiger partial charge in [0.25, 0.3) is 0 Å². The summed E-state index contributed by atoms with van der Waals surface area (Å²) >= 11 is 0. The van der Waals surface area contributed by atoms with Crippen molar-refractivity contribution >= 4 is 23.5 Å². The van der Waals surface area contributed by atoms with Crippen molar-refractivity contribution in [2.75, 3.05) is 13.2 Å². The Morgan fingerprint density at radius 1 is 0.674 bits per heavy atom. The van der Waals surface area contributed by atoms with E-state index in [0.717, 1.165) is 37.1 Å². The standard InChI is InChI=1S/C36H40N2O8/c1-19-13-15-27(45-19)33-29(21(3)37-23-9-7-11-25(39)31(23)33)35(41)43-17-5-6-18-44-36(42)30-22(4)38-24-10-8-12-26(40)32(24)34(30)28-16-14-20(2)46-28/h13-16,33-34,37-38H,5-12,17-18H2,1-4H3/t33-,34-/m1/s1. The van der Waals surface area contributed by atoms with Gasteiger partial charge in [-0.3, -0.25) is 9.59 Å². The van der Waals surface area contributed by atoms with Gasteiger partial charge in [-0.15, -0.1) is 0 Å². The van der Waals surface area contributed by atoms with Crippen LogP contribution in [-0.2, 0) is 28.7 Å². The topological polar surface area (TPSA) is 137 Å².